The van der Waals surface area contributed by atoms with Gasteiger partial charge in [-0.2, -0.15) is 0 Å². The molecule has 1 heterocycles. The van der Waals surface area contributed by atoms with Crippen LogP contribution in [0.25, 0.3) is 32.9 Å². The first-order valence-electron chi connectivity index (χ1n) is 12.8. The molecule has 6 aromatic rings. The van der Waals surface area contributed by atoms with Gasteiger partial charge >= 0.3 is 0 Å². The lowest BCUT2D eigenvalue weighted by Crippen LogP contribution is -1.86. The Hall–Kier alpha value is -3.40. The number of furan rings is 1. The van der Waals surface area contributed by atoms with Crippen LogP contribution in [0.4, 0.5) is 0 Å². The van der Waals surface area contributed by atoms with Gasteiger partial charge < -0.3 is 4.42 Å². The minimum absolute atomic E-state index is 0.935. The van der Waals surface area contributed by atoms with Crippen molar-refractivity contribution in [3.05, 3.63) is 121 Å². The van der Waals surface area contributed by atoms with E-state index in [1.807, 2.05) is 23.5 Å². The Morgan fingerprint density at radius 3 is 1.70 bits per heavy atom. The smallest absolute Gasteiger partial charge is 0.149 e. The molecule has 1 aromatic heterocycles. The normalized spacial score (nSPS) is 11.4. The Kier molecular flexibility index (Phi) is 7.07. The van der Waals surface area contributed by atoms with E-state index in [2.05, 4.69) is 122 Å². The molecule has 182 valence electrons. The van der Waals surface area contributed by atoms with Gasteiger partial charge in [-0.3, -0.25) is 0 Å². The maximum absolute atomic E-state index is 6.71. The fraction of sp³-hybridized carbons (Fsp3) is 0.118. The second-order valence-electron chi connectivity index (χ2n) is 9.20. The molecular formula is C34H28OS2. The Balaban J connectivity index is 1.48. The van der Waals surface area contributed by atoms with E-state index < -0.39 is 0 Å². The van der Waals surface area contributed by atoms with Crippen molar-refractivity contribution in [3.8, 4) is 11.3 Å². The number of fused-ring (bicyclic) bond motifs is 2. The van der Waals surface area contributed by atoms with Crippen LogP contribution in [0.5, 0.6) is 0 Å². The summed E-state index contributed by atoms with van der Waals surface area (Å²) in [6.45, 7) is 2.24. The second-order valence-corrected chi connectivity index (χ2v) is 11.4. The fourth-order valence-corrected chi connectivity index (χ4v) is 6.89. The van der Waals surface area contributed by atoms with E-state index >= 15 is 0 Å². The monoisotopic (exact) mass is 516 g/mol. The molecule has 0 N–H and O–H groups in total. The highest BCUT2D eigenvalue weighted by molar-refractivity contribution is 8.02. The molecule has 3 heteroatoms. The highest BCUT2D eigenvalue weighted by Gasteiger charge is 2.23. The van der Waals surface area contributed by atoms with Crippen molar-refractivity contribution < 1.29 is 4.42 Å². The average Bonchev–Trinajstić information content (AvgIpc) is 3.28. The maximum atomic E-state index is 6.71. The van der Waals surface area contributed by atoms with Crippen LogP contribution in [0.2, 0.25) is 0 Å². The lowest BCUT2D eigenvalue weighted by atomic mass is 10.1. The lowest BCUT2D eigenvalue weighted by molar-refractivity contribution is 0.502. The van der Waals surface area contributed by atoms with Crippen molar-refractivity contribution in [2.45, 2.75) is 45.8 Å². The molecule has 5 aromatic carbocycles. The first kappa shape index (κ1) is 24.0. The topological polar surface area (TPSA) is 13.1 Å². The highest BCUT2D eigenvalue weighted by Crippen LogP contribution is 2.49. The van der Waals surface area contributed by atoms with Crippen LogP contribution >= 0.6 is 23.5 Å². The van der Waals surface area contributed by atoms with E-state index in [-0.39, 0.29) is 0 Å². The van der Waals surface area contributed by atoms with Crippen LogP contribution in [-0.4, -0.2) is 0 Å². The number of hydrogen-bond acceptors (Lipinski definition) is 3. The number of rotatable bonds is 8. The van der Waals surface area contributed by atoms with Gasteiger partial charge in [-0.1, -0.05) is 128 Å². The highest BCUT2D eigenvalue weighted by atomic mass is 32.2. The zero-order valence-corrected chi connectivity index (χ0v) is 22.4. The van der Waals surface area contributed by atoms with Gasteiger partial charge in [-0.05, 0) is 52.2 Å². The van der Waals surface area contributed by atoms with E-state index in [0.29, 0.717) is 0 Å². The Bertz CT molecular complexity index is 1670. The third-order valence-corrected chi connectivity index (χ3v) is 8.90. The van der Waals surface area contributed by atoms with Gasteiger partial charge in [0.15, 0.2) is 0 Å². The standard InChI is InChI=1S/C34H28OS2/c1-2-3-17-31-33(36-29-20-18-24-11-7-9-15-27(24)22-29)34(32(35-31)26-13-5-4-6-14-26)37-30-21-19-25-12-8-10-16-28(25)23-30/h4-16,18-23H,2-3,17H2,1H3. The minimum atomic E-state index is 0.935. The fourth-order valence-electron chi connectivity index (χ4n) is 4.62. The average molecular weight is 517 g/mol. The van der Waals surface area contributed by atoms with Crippen LogP contribution in [0.3, 0.4) is 0 Å². The van der Waals surface area contributed by atoms with E-state index in [9.17, 15) is 0 Å². The lowest BCUT2D eigenvalue weighted by Gasteiger charge is -2.09. The number of benzene rings is 5. The molecule has 0 radical (unpaired) electrons. The van der Waals surface area contributed by atoms with Gasteiger partial charge in [-0.15, -0.1) is 0 Å². The van der Waals surface area contributed by atoms with Crippen molar-refractivity contribution >= 4 is 45.1 Å². The molecular weight excluding hydrogens is 489 g/mol. The summed E-state index contributed by atoms with van der Waals surface area (Å²) in [6, 6.07) is 41.1. The van der Waals surface area contributed by atoms with Crippen LogP contribution in [0.15, 0.2) is 139 Å². The first-order chi connectivity index (χ1) is 18.3. The summed E-state index contributed by atoms with van der Waals surface area (Å²) >= 11 is 3.64. The Morgan fingerprint density at radius 1 is 0.568 bits per heavy atom. The van der Waals surface area contributed by atoms with Gasteiger partial charge in [0.2, 0.25) is 0 Å². The summed E-state index contributed by atoms with van der Waals surface area (Å²) in [5.74, 6) is 2.05. The van der Waals surface area contributed by atoms with E-state index in [1.165, 1.54) is 41.1 Å². The van der Waals surface area contributed by atoms with Crippen molar-refractivity contribution in [1.29, 1.82) is 0 Å². The molecule has 0 bridgehead atoms. The number of hydrogen-bond donors (Lipinski definition) is 0. The largest absolute Gasteiger partial charge is 0.459 e. The predicted octanol–water partition coefficient (Wildman–Crippen LogP) is 10.9. The summed E-state index contributed by atoms with van der Waals surface area (Å²) in [5.41, 5.74) is 1.12. The zero-order valence-electron chi connectivity index (χ0n) is 20.8. The second kappa shape index (κ2) is 10.9. The van der Waals surface area contributed by atoms with Crippen molar-refractivity contribution in [2.75, 3.05) is 0 Å². The molecule has 0 saturated heterocycles. The number of aryl methyl sites for hydroxylation is 1. The van der Waals surface area contributed by atoms with E-state index in [1.54, 1.807) is 0 Å². The van der Waals surface area contributed by atoms with Gasteiger partial charge in [0.25, 0.3) is 0 Å². The first-order valence-corrected chi connectivity index (χ1v) is 14.5. The molecule has 0 amide bonds. The molecule has 0 aliphatic heterocycles. The molecule has 0 aliphatic carbocycles. The molecule has 6 rings (SSSR count). The Morgan fingerprint density at radius 2 is 1.11 bits per heavy atom. The molecule has 0 unspecified atom stereocenters. The van der Waals surface area contributed by atoms with Crippen LogP contribution in [0.1, 0.15) is 25.5 Å². The third kappa shape index (κ3) is 5.20. The molecule has 0 spiro atoms. The maximum Gasteiger partial charge on any atom is 0.149 e. The van der Waals surface area contributed by atoms with Gasteiger partial charge in [0, 0.05) is 21.8 Å². The van der Waals surface area contributed by atoms with Gasteiger partial charge in [0.05, 0.1) is 9.79 Å². The summed E-state index contributed by atoms with van der Waals surface area (Å²) < 4.78 is 6.71. The molecule has 0 atom stereocenters. The zero-order chi connectivity index (χ0) is 25.0. The molecule has 0 fully saturated rings. The summed E-state index contributed by atoms with van der Waals surface area (Å²) in [4.78, 5) is 4.89. The molecule has 0 aliphatic rings. The number of unbranched alkanes of at least 4 members (excludes halogenated alkanes) is 1. The van der Waals surface area contributed by atoms with Crippen LogP contribution in [-0.2, 0) is 6.42 Å². The third-order valence-electron chi connectivity index (χ3n) is 6.57. The van der Waals surface area contributed by atoms with Crippen LogP contribution in [0, 0.1) is 0 Å². The summed E-state index contributed by atoms with van der Waals surface area (Å²) in [5, 5.41) is 5.04. The Labute approximate surface area is 226 Å². The van der Waals surface area contributed by atoms with Crippen molar-refractivity contribution in [2.24, 2.45) is 0 Å². The minimum Gasteiger partial charge on any atom is -0.459 e. The molecule has 0 saturated carbocycles. The van der Waals surface area contributed by atoms with Crippen LogP contribution < -0.4 is 0 Å². The predicted molar refractivity (Wildman–Crippen MR) is 159 cm³/mol. The van der Waals surface area contributed by atoms with Crippen molar-refractivity contribution in [1.82, 2.24) is 0 Å². The molecule has 37 heavy (non-hydrogen) atoms. The van der Waals surface area contributed by atoms with Gasteiger partial charge in [0.1, 0.15) is 11.5 Å². The SMILES string of the molecule is CCCCc1oc(-c2ccccc2)c(Sc2ccc3ccccc3c2)c1Sc1ccc2ccccc2c1. The van der Waals surface area contributed by atoms with Gasteiger partial charge in [-0.25, -0.2) is 0 Å². The quantitative estimate of drug-likeness (QED) is 0.200. The van der Waals surface area contributed by atoms with E-state index in [4.69, 9.17) is 4.42 Å². The summed E-state index contributed by atoms with van der Waals surface area (Å²) in [7, 11) is 0. The van der Waals surface area contributed by atoms with Crippen molar-refractivity contribution in [3.63, 3.8) is 0 Å². The van der Waals surface area contributed by atoms with E-state index in [0.717, 1.165) is 36.3 Å². The summed E-state index contributed by atoms with van der Waals surface area (Å²) in [6.07, 6.45) is 3.17. The molecule has 1 nitrogen and oxygen atoms in total.